The summed E-state index contributed by atoms with van der Waals surface area (Å²) in [6.45, 7) is 0. The molecule has 0 radical (unpaired) electrons. The zero-order valence-electron chi connectivity index (χ0n) is 11.8. The van der Waals surface area contributed by atoms with Gasteiger partial charge in [0.05, 0.1) is 18.1 Å². The van der Waals surface area contributed by atoms with Gasteiger partial charge in [-0.3, -0.25) is 0 Å². The Balaban J connectivity index is 2.13. The summed E-state index contributed by atoms with van der Waals surface area (Å²) in [5.41, 5.74) is 4.28. The van der Waals surface area contributed by atoms with Crippen molar-refractivity contribution in [2.24, 2.45) is 7.05 Å². The third-order valence-electron chi connectivity index (χ3n) is 3.52. The van der Waals surface area contributed by atoms with Crippen molar-refractivity contribution in [3.63, 3.8) is 0 Å². The lowest BCUT2D eigenvalue weighted by Crippen LogP contribution is -1.93. The zero-order chi connectivity index (χ0) is 14.1. The fourth-order valence-electron chi connectivity index (χ4n) is 2.34. The van der Waals surface area contributed by atoms with Gasteiger partial charge >= 0.3 is 0 Å². The first-order valence-electron chi connectivity index (χ1n) is 6.51. The number of hydrogen-bond donors (Lipinski definition) is 1. The molecule has 0 aliphatic rings. The summed E-state index contributed by atoms with van der Waals surface area (Å²) in [6.07, 6.45) is 0. The maximum absolute atomic E-state index is 5.19. The van der Waals surface area contributed by atoms with E-state index in [9.17, 15) is 0 Å². The van der Waals surface area contributed by atoms with Crippen LogP contribution in [-0.2, 0) is 7.05 Å². The summed E-state index contributed by atoms with van der Waals surface area (Å²) in [6, 6.07) is 14.1. The molecule has 20 heavy (non-hydrogen) atoms. The first kappa shape index (κ1) is 12.5. The van der Waals surface area contributed by atoms with Crippen LogP contribution in [0.2, 0.25) is 0 Å². The Morgan fingerprint density at radius 1 is 1.10 bits per heavy atom. The minimum atomic E-state index is 0.852. The van der Waals surface area contributed by atoms with Gasteiger partial charge in [0.1, 0.15) is 11.6 Å². The second kappa shape index (κ2) is 4.89. The van der Waals surface area contributed by atoms with Crippen LogP contribution in [0.5, 0.6) is 5.75 Å². The number of aromatic nitrogens is 2. The van der Waals surface area contributed by atoms with Crippen LogP contribution >= 0.6 is 0 Å². The molecule has 4 nitrogen and oxygen atoms in total. The molecular formula is C16H17N3O. The lowest BCUT2D eigenvalue weighted by molar-refractivity contribution is 0.415. The Hall–Kier alpha value is -2.49. The molecule has 3 rings (SSSR count). The van der Waals surface area contributed by atoms with Crippen LogP contribution in [-0.4, -0.2) is 23.7 Å². The van der Waals surface area contributed by atoms with Gasteiger partial charge in [0.25, 0.3) is 0 Å². The molecule has 0 fully saturated rings. The van der Waals surface area contributed by atoms with Gasteiger partial charge in [0.15, 0.2) is 0 Å². The molecule has 0 saturated carbocycles. The van der Waals surface area contributed by atoms with Gasteiger partial charge < -0.3 is 14.6 Å². The fourth-order valence-corrected chi connectivity index (χ4v) is 2.34. The molecular weight excluding hydrogens is 250 g/mol. The van der Waals surface area contributed by atoms with E-state index in [2.05, 4.69) is 16.0 Å². The van der Waals surface area contributed by atoms with Gasteiger partial charge in [-0.05, 0) is 42.5 Å². The van der Waals surface area contributed by atoms with Crippen LogP contribution in [0, 0.1) is 0 Å². The summed E-state index contributed by atoms with van der Waals surface area (Å²) < 4.78 is 7.30. The van der Waals surface area contributed by atoms with Crippen molar-refractivity contribution in [2.45, 2.75) is 0 Å². The van der Waals surface area contributed by atoms with Crippen LogP contribution in [0.3, 0.4) is 0 Å². The Morgan fingerprint density at radius 3 is 2.50 bits per heavy atom. The number of methoxy groups -OCH3 is 1. The van der Waals surface area contributed by atoms with Crippen molar-refractivity contribution < 1.29 is 4.74 Å². The van der Waals surface area contributed by atoms with Crippen LogP contribution in [0.15, 0.2) is 42.5 Å². The van der Waals surface area contributed by atoms with E-state index in [0.717, 1.165) is 33.9 Å². The normalized spacial score (nSPS) is 10.8. The van der Waals surface area contributed by atoms with Crippen molar-refractivity contribution in [3.8, 4) is 17.1 Å². The Labute approximate surface area is 118 Å². The van der Waals surface area contributed by atoms with Gasteiger partial charge in [-0.2, -0.15) is 0 Å². The molecule has 0 amide bonds. The van der Waals surface area contributed by atoms with Crippen LogP contribution < -0.4 is 10.1 Å². The van der Waals surface area contributed by atoms with Crippen LogP contribution in [0.4, 0.5) is 5.69 Å². The number of fused-ring (bicyclic) bond motifs is 1. The third kappa shape index (κ3) is 1.99. The number of nitrogens with zero attached hydrogens (tertiary/aromatic N) is 2. The fraction of sp³-hybridized carbons (Fsp3) is 0.188. The quantitative estimate of drug-likeness (QED) is 0.791. The number of benzene rings is 2. The highest BCUT2D eigenvalue weighted by Gasteiger charge is 2.10. The van der Waals surface area contributed by atoms with Gasteiger partial charge in [-0.25, -0.2) is 4.98 Å². The monoisotopic (exact) mass is 267 g/mol. The second-order valence-corrected chi connectivity index (χ2v) is 4.68. The predicted molar refractivity (Wildman–Crippen MR) is 82.2 cm³/mol. The molecule has 0 bridgehead atoms. The highest BCUT2D eigenvalue weighted by molar-refractivity contribution is 5.83. The van der Waals surface area contributed by atoms with Crippen LogP contribution in [0.1, 0.15) is 0 Å². The number of nitrogens with one attached hydrogen (secondary N) is 1. The summed E-state index contributed by atoms with van der Waals surface area (Å²) in [4.78, 5) is 4.71. The standard InChI is InChI=1S/C16H17N3O/c1-17-12-6-9-14-15(10-12)19(2)16(18-14)11-4-7-13(20-3)8-5-11/h4-10,17H,1-3H3. The maximum Gasteiger partial charge on any atom is 0.140 e. The summed E-state index contributed by atoms with van der Waals surface area (Å²) in [5, 5.41) is 3.15. The number of aryl methyl sites for hydroxylation is 1. The maximum atomic E-state index is 5.19. The Morgan fingerprint density at radius 2 is 1.85 bits per heavy atom. The topological polar surface area (TPSA) is 39.1 Å². The predicted octanol–water partition coefficient (Wildman–Crippen LogP) is 3.29. The third-order valence-corrected chi connectivity index (χ3v) is 3.52. The molecule has 4 heteroatoms. The minimum Gasteiger partial charge on any atom is -0.497 e. The van der Waals surface area contributed by atoms with Crippen molar-refractivity contribution in [1.29, 1.82) is 0 Å². The molecule has 0 atom stereocenters. The molecule has 0 spiro atoms. The first-order chi connectivity index (χ1) is 9.72. The molecule has 1 heterocycles. The average molecular weight is 267 g/mol. The number of imidazole rings is 1. The van der Waals surface area contributed by atoms with Gasteiger partial charge in [0, 0.05) is 25.3 Å². The highest BCUT2D eigenvalue weighted by Crippen LogP contribution is 2.26. The zero-order valence-corrected chi connectivity index (χ0v) is 11.8. The number of anilines is 1. The molecule has 3 aromatic rings. The molecule has 1 aromatic heterocycles. The molecule has 0 aliphatic heterocycles. The van der Waals surface area contributed by atoms with E-state index in [1.54, 1.807) is 7.11 Å². The molecule has 102 valence electrons. The second-order valence-electron chi connectivity index (χ2n) is 4.68. The van der Waals surface area contributed by atoms with Crippen molar-refractivity contribution in [2.75, 3.05) is 19.5 Å². The van der Waals surface area contributed by atoms with E-state index in [-0.39, 0.29) is 0 Å². The summed E-state index contributed by atoms with van der Waals surface area (Å²) >= 11 is 0. The first-order valence-corrected chi connectivity index (χ1v) is 6.51. The number of ether oxygens (including phenoxy) is 1. The number of hydrogen-bond acceptors (Lipinski definition) is 3. The van der Waals surface area contributed by atoms with Crippen molar-refractivity contribution in [3.05, 3.63) is 42.5 Å². The van der Waals surface area contributed by atoms with Crippen molar-refractivity contribution >= 4 is 16.7 Å². The number of rotatable bonds is 3. The van der Waals surface area contributed by atoms with E-state index in [4.69, 9.17) is 9.72 Å². The van der Waals surface area contributed by atoms with Gasteiger partial charge in [-0.1, -0.05) is 0 Å². The summed E-state index contributed by atoms with van der Waals surface area (Å²) in [7, 11) is 5.62. The molecule has 2 aromatic carbocycles. The molecule has 0 unspecified atom stereocenters. The van der Waals surface area contributed by atoms with E-state index >= 15 is 0 Å². The highest BCUT2D eigenvalue weighted by atomic mass is 16.5. The van der Waals surface area contributed by atoms with Gasteiger partial charge in [-0.15, -0.1) is 0 Å². The van der Waals surface area contributed by atoms with E-state index < -0.39 is 0 Å². The van der Waals surface area contributed by atoms with E-state index in [1.165, 1.54) is 0 Å². The minimum absolute atomic E-state index is 0.852. The molecule has 0 saturated heterocycles. The van der Waals surface area contributed by atoms with Crippen LogP contribution in [0.25, 0.3) is 22.4 Å². The Bertz CT molecular complexity index is 744. The van der Waals surface area contributed by atoms with Crippen molar-refractivity contribution in [1.82, 2.24) is 9.55 Å². The lowest BCUT2D eigenvalue weighted by Gasteiger charge is -2.04. The molecule has 0 aliphatic carbocycles. The van der Waals surface area contributed by atoms with Gasteiger partial charge in [0.2, 0.25) is 0 Å². The van der Waals surface area contributed by atoms with E-state index in [1.807, 2.05) is 50.5 Å². The molecule has 1 N–H and O–H groups in total. The SMILES string of the molecule is CNc1ccc2nc(-c3ccc(OC)cc3)n(C)c2c1. The largest absolute Gasteiger partial charge is 0.497 e. The Kier molecular flexibility index (Phi) is 3.06. The lowest BCUT2D eigenvalue weighted by atomic mass is 10.2. The average Bonchev–Trinajstić information content (AvgIpc) is 2.84. The summed E-state index contributed by atoms with van der Waals surface area (Å²) in [5.74, 6) is 1.81. The smallest absolute Gasteiger partial charge is 0.140 e. The van der Waals surface area contributed by atoms with E-state index in [0.29, 0.717) is 0 Å².